The lowest BCUT2D eigenvalue weighted by Crippen LogP contribution is -2.41. The van der Waals surface area contributed by atoms with E-state index in [0.29, 0.717) is 36.5 Å². The fourth-order valence-corrected chi connectivity index (χ4v) is 3.60. The first-order valence-corrected chi connectivity index (χ1v) is 10.3. The topological polar surface area (TPSA) is 67.2 Å². The van der Waals surface area contributed by atoms with E-state index in [1.54, 1.807) is 24.3 Å². The van der Waals surface area contributed by atoms with Crippen molar-refractivity contribution < 1.29 is 9.59 Å². The average molecular weight is 403 g/mol. The van der Waals surface area contributed by atoms with Crippen molar-refractivity contribution in [2.75, 3.05) is 18.4 Å². The zero-order chi connectivity index (χ0) is 20.1. The van der Waals surface area contributed by atoms with E-state index in [1.807, 2.05) is 22.6 Å². The number of halogens is 1. The maximum atomic E-state index is 12.7. The molecule has 1 fully saturated rings. The van der Waals surface area contributed by atoms with Crippen LogP contribution in [0.3, 0.4) is 0 Å². The van der Waals surface area contributed by atoms with Crippen LogP contribution in [0.1, 0.15) is 48.7 Å². The Balaban J connectivity index is 1.55. The summed E-state index contributed by atoms with van der Waals surface area (Å²) < 4.78 is 1.87. The number of amides is 2. The molecule has 2 aromatic rings. The SMILES string of the molecule is CCCCn1nc(C)cc1NC(=O)C1CCN(C(=O)c2ccc(Cl)cc2)CC1. The second-order valence-electron chi connectivity index (χ2n) is 7.31. The van der Waals surface area contributed by atoms with Gasteiger partial charge < -0.3 is 10.2 Å². The largest absolute Gasteiger partial charge is 0.339 e. The number of benzene rings is 1. The van der Waals surface area contributed by atoms with Gasteiger partial charge in [-0.05, 0) is 50.5 Å². The first kappa shape index (κ1) is 20.4. The van der Waals surface area contributed by atoms with Crippen molar-refractivity contribution in [3.05, 3.63) is 46.6 Å². The van der Waals surface area contributed by atoms with E-state index in [2.05, 4.69) is 17.3 Å². The third kappa shape index (κ3) is 4.93. The predicted molar refractivity (Wildman–Crippen MR) is 111 cm³/mol. The molecule has 150 valence electrons. The maximum absolute atomic E-state index is 12.7. The number of likely N-dealkylation sites (tertiary alicyclic amines) is 1. The highest BCUT2D eigenvalue weighted by Crippen LogP contribution is 2.22. The number of anilines is 1. The molecule has 1 aliphatic rings. The Hall–Kier alpha value is -2.34. The summed E-state index contributed by atoms with van der Waals surface area (Å²) in [5.74, 6) is 0.666. The van der Waals surface area contributed by atoms with Crippen LogP contribution in [-0.4, -0.2) is 39.6 Å². The monoisotopic (exact) mass is 402 g/mol. The van der Waals surface area contributed by atoms with Gasteiger partial charge in [-0.25, -0.2) is 4.68 Å². The van der Waals surface area contributed by atoms with E-state index in [-0.39, 0.29) is 17.7 Å². The lowest BCUT2D eigenvalue weighted by Gasteiger charge is -2.31. The van der Waals surface area contributed by atoms with Crippen LogP contribution in [0.15, 0.2) is 30.3 Å². The highest BCUT2D eigenvalue weighted by atomic mass is 35.5. The van der Waals surface area contributed by atoms with Gasteiger partial charge in [0, 0.05) is 42.2 Å². The van der Waals surface area contributed by atoms with Crippen LogP contribution in [0.5, 0.6) is 0 Å². The Labute approximate surface area is 170 Å². The summed E-state index contributed by atoms with van der Waals surface area (Å²) in [7, 11) is 0. The zero-order valence-electron chi connectivity index (χ0n) is 16.4. The number of unbranched alkanes of at least 4 members (excludes halogenated alkanes) is 1. The van der Waals surface area contributed by atoms with E-state index >= 15 is 0 Å². The molecule has 1 N–H and O–H groups in total. The third-order valence-corrected chi connectivity index (χ3v) is 5.37. The summed E-state index contributed by atoms with van der Waals surface area (Å²) in [6, 6.07) is 8.83. The van der Waals surface area contributed by atoms with E-state index in [4.69, 9.17) is 11.6 Å². The molecule has 0 spiro atoms. The summed E-state index contributed by atoms with van der Waals surface area (Å²) in [6.07, 6.45) is 3.42. The van der Waals surface area contributed by atoms with Gasteiger partial charge >= 0.3 is 0 Å². The Morgan fingerprint density at radius 2 is 1.89 bits per heavy atom. The maximum Gasteiger partial charge on any atom is 0.253 e. The van der Waals surface area contributed by atoms with E-state index in [0.717, 1.165) is 30.9 Å². The number of piperidine rings is 1. The molecular formula is C21H27ClN4O2. The number of rotatable bonds is 6. The van der Waals surface area contributed by atoms with Crippen molar-refractivity contribution in [2.24, 2.45) is 5.92 Å². The van der Waals surface area contributed by atoms with Crippen LogP contribution in [0, 0.1) is 12.8 Å². The van der Waals surface area contributed by atoms with Crippen LogP contribution in [0.25, 0.3) is 0 Å². The van der Waals surface area contributed by atoms with Crippen molar-refractivity contribution in [1.29, 1.82) is 0 Å². The molecule has 1 aliphatic heterocycles. The van der Waals surface area contributed by atoms with Gasteiger partial charge in [-0.3, -0.25) is 9.59 Å². The number of hydrogen-bond acceptors (Lipinski definition) is 3. The molecule has 1 saturated heterocycles. The summed E-state index contributed by atoms with van der Waals surface area (Å²) in [6.45, 7) is 6.02. The van der Waals surface area contributed by atoms with Crippen LogP contribution in [0.2, 0.25) is 5.02 Å². The molecule has 0 unspecified atom stereocenters. The second-order valence-corrected chi connectivity index (χ2v) is 7.75. The molecule has 0 radical (unpaired) electrons. The highest BCUT2D eigenvalue weighted by molar-refractivity contribution is 6.30. The number of nitrogens with one attached hydrogen (secondary N) is 1. The van der Waals surface area contributed by atoms with Crippen molar-refractivity contribution in [3.8, 4) is 0 Å². The van der Waals surface area contributed by atoms with Crippen molar-refractivity contribution >= 4 is 29.2 Å². The van der Waals surface area contributed by atoms with Crippen LogP contribution in [-0.2, 0) is 11.3 Å². The van der Waals surface area contributed by atoms with E-state index in [9.17, 15) is 9.59 Å². The fourth-order valence-electron chi connectivity index (χ4n) is 3.47. The van der Waals surface area contributed by atoms with Gasteiger partial charge in [0.25, 0.3) is 5.91 Å². The van der Waals surface area contributed by atoms with Crippen LogP contribution < -0.4 is 5.32 Å². The predicted octanol–water partition coefficient (Wildman–Crippen LogP) is 4.14. The van der Waals surface area contributed by atoms with Crippen molar-refractivity contribution in [2.45, 2.75) is 46.1 Å². The van der Waals surface area contributed by atoms with Gasteiger partial charge in [0.15, 0.2) is 0 Å². The first-order valence-electron chi connectivity index (χ1n) is 9.88. The molecule has 3 rings (SSSR count). The molecule has 7 heteroatoms. The number of aromatic nitrogens is 2. The lowest BCUT2D eigenvalue weighted by atomic mass is 9.95. The van der Waals surface area contributed by atoms with Gasteiger partial charge in [-0.2, -0.15) is 5.10 Å². The highest BCUT2D eigenvalue weighted by Gasteiger charge is 2.28. The molecule has 28 heavy (non-hydrogen) atoms. The molecule has 0 saturated carbocycles. The normalized spacial score (nSPS) is 14.9. The Morgan fingerprint density at radius 1 is 1.21 bits per heavy atom. The number of carbonyl (C=O) groups excluding carboxylic acids is 2. The summed E-state index contributed by atoms with van der Waals surface area (Å²) >= 11 is 5.89. The van der Waals surface area contributed by atoms with Gasteiger partial charge in [0.05, 0.1) is 5.69 Å². The van der Waals surface area contributed by atoms with Gasteiger partial charge in [0.1, 0.15) is 5.82 Å². The number of hydrogen-bond donors (Lipinski definition) is 1. The first-order chi connectivity index (χ1) is 13.5. The Bertz CT molecular complexity index is 823. The number of carbonyl (C=O) groups is 2. The molecule has 2 heterocycles. The minimum atomic E-state index is -0.0934. The quantitative estimate of drug-likeness (QED) is 0.789. The molecule has 0 atom stereocenters. The molecule has 0 aliphatic carbocycles. The summed E-state index contributed by atoms with van der Waals surface area (Å²) in [4.78, 5) is 27.1. The summed E-state index contributed by atoms with van der Waals surface area (Å²) in [5.41, 5.74) is 1.53. The fraction of sp³-hybridized carbons (Fsp3) is 0.476. The third-order valence-electron chi connectivity index (χ3n) is 5.12. The summed E-state index contributed by atoms with van der Waals surface area (Å²) in [5, 5.41) is 8.11. The molecule has 1 aromatic carbocycles. The molecule has 6 nitrogen and oxygen atoms in total. The van der Waals surface area contributed by atoms with Crippen molar-refractivity contribution in [3.63, 3.8) is 0 Å². The Morgan fingerprint density at radius 3 is 2.54 bits per heavy atom. The average Bonchev–Trinajstić information content (AvgIpc) is 3.05. The lowest BCUT2D eigenvalue weighted by molar-refractivity contribution is -0.121. The Kier molecular flexibility index (Phi) is 6.73. The van der Waals surface area contributed by atoms with E-state index in [1.165, 1.54) is 0 Å². The van der Waals surface area contributed by atoms with Gasteiger partial charge in [0.2, 0.25) is 5.91 Å². The van der Waals surface area contributed by atoms with Crippen LogP contribution >= 0.6 is 11.6 Å². The zero-order valence-corrected chi connectivity index (χ0v) is 17.2. The minimum Gasteiger partial charge on any atom is -0.339 e. The molecular weight excluding hydrogens is 376 g/mol. The van der Waals surface area contributed by atoms with Gasteiger partial charge in [-0.1, -0.05) is 24.9 Å². The minimum absolute atomic E-state index is 0.0104. The number of nitrogens with zero attached hydrogens (tertiary/aromatic N) is 3. The van der Waals surface area contributed by atoms with Crippen molar-refractivity contribution in [1.82, 2.24) is 14.7 Å². The second kappa shape index (κ2) is 9.24. The molecule has 1 aromatic heterocycles. The van der Waals surface area contributed by atoms with E-state index < -0.39 is 0 Å². The van der Waals surface area contributed by atoms with Crippen LogP contribution in [0.4, 0.5) is 5.82 Å². The number of aryl methyl sites for hydroxylation is 2. The molecule has 2 amide bonds. The van der Waals surface area contributed by atoms with Gasteiger partial charge in [-0.15, -0.1) is 0 Å². The molecule has 0 bridgehead atoms. The standard InChI is InChI=1S/C21H27ClN4O2/c1-3-4-11-26-19(14-15(2)24-26)23-20(27)16-9-12-25(13-10-16)21(28)17-5-7-18(22)8-6-17/h5-8,14,16H,3-4,9-13H2,1-2H3,(H,23,27). The smallest absolute Gasteiger partial charge is 0.253 e.